The summed E-state index contributed by atoms with van der Waals surface area (Å²) in [4.78, 5) is 46.2. The van der Waals surface area contributed by atoms with E-state index in [1.165, 1.54) is 12.3 Å². The van der Waals surface area contributed by atoms with E-state index < -0.39 is 29.4 Å². The summed E-state index contributed by atoms with van der Waals surface area (Å²) < 4.78 is 0. The molecule has 8 heteroatoms. The molecule has 1 atom stereocenters. The second kappa shape index (κ2) is 6.34. The molecule has 1 amide bonds. The van der Waals surface area contributed by atoms with E-state index in [0.29, 0.717) is 0 Å². The number of aliphatic carboxylic acids is 2. The normalized spacial score (nSPS) is 11.6. The van der Waals surface area contributed by atoms with E-state index in [2.05, 4.69) is 10.3 Å². The topological polar surface area (TPSA) is 137 Å². The van der Waals surface area contributed by atoms with Crippen LogP contribution in [-0.2, 0) is 9.59 Å². The van der Waals surface area contributed by atoms with Gasteiger partial charge in [-0.15, -0.1) is 0 Å². The minimum absolute atomic E-state index is 0.00493. The van der Waals surface area contributed by atoms with Gasteiger partial charge in [0.1, 0.15) is 6.04 Å². The monoisotopic (exact) mass is 268 g/mol. The third kappa shape index (κ3) is 4.62. The second-order valence-electron chi connectivity index (χ2n) is 3.74. The Morgan fingerprint density at radius 3 is 2.53 bits per heavy atom. The van der Waals surface area contributed by atoms with Crippen molar-refractivity contribution in [3.05, 3.63) is 34.2 Å². The number of carbonyl (C=O) groups excluding carboxylic acids is 1. The molecule has 19 heavy (non-hydrogen) atoms. The van der Waals surface area contributed by atoms with Crippen LogP contribution in [0, 0.1) is 0 Å². The van der Waals surface area contributed by atoms with Gasteiger partial charge in [-0.05, 0) is 12.5 Å². The van der Waals surface area contributed by atoms with E-state index in [9.17, 15) is 19.2 Å². The molecule has 0 aliphatic rings. The first-order valence-corrected chi connectivity index (χ1v) is 5.34. The zero-order valence-corrected chi connectivity index (χ0v) is 9.75. The molecule has 0 aliphatic carbocycles. The van der Waals surface area contributed by atoms with Gasteiger partial charge in [0.2, 0.25) is 5.56 Å². The Hall–Kier alpha value is -2.64. The highest BCUT2D eigenvalue weighted by atomic mass is 16.4. The van der Waals surface area contributed by atoms with Gasteiger partial charge in [-0.25, -0.2) is 4.79 Å². The predicted molar refractivity (Wildman–Crippen MR) is 62.8 cm³/mol. The molecule has 0 radical (unpaired) electrons. The largest absolute Gasteiger partial charge is 0.481 e. The van der Waals surface area contributed by atoms with Crippen LogP contribution in [-0.4, -0.2) is 39.1 Å². The summed E-state index contributed by atoms with van der Waals surface area (Å²) in [6, 6.07) is 1.01. The number of H-pyrrole nitrogens is 1. The Bertz CT molecular complexity index is 550. The van der Waals surface area contributed by atoms with Gasteiger partial charge in [0.15, 0.2) is 0 Å². The molecule has 102 valence electrons. The van der Waals surface area contributed by atoms with Crippen molar-refractivity contribution in [2.75, 3.05) is 0 Å². The number of hydrogen-bond acceptors (Lipinski definition) is 4. The first-order chi connectivity index (χ1) is 8.90. The van der Waals surface area contributed by atoms with Crippen LogP contribution in [0.3, 0.4) is 0 Å². The highest BCUT2D eigenvalue weighted by Crippen LogP contribution is 2.01. The molecule has 0 bridgehead atoms. The van der Waals surface area contributed by atoms with Crippen LogP contribution in [0.15, 0.2) is 23.1 Å². The minimum atomic E-state index is -1.33. The maximum Gasteiger partial charge on any atom is 0.326 e. The summed E-state index contributed by atoms with van der Waals surface area (Å²) in [5.41, 5.74) is -0.490. The van der Waals surface area contributed by atoms with Crippen LogP contribution in [0.5, 0.6) is 0 Å². The summed E-state index contributed by atoms with van der Waals surface area (Å²) in [6.45, 7) is 0. The lowest BCUT2D eigenvalue weighted by Gasteiger charge is -2.13. The van der Waals surface area contributed by atoms with Crippen LogP contribution < -0.4 is 10.9 Å². The van der Waals surface area contributed by atoms with Crippen LogP contribution >= 0.6 is 0 Å². The van der Waals surface area contributed by atoms with E-state index in [1.807, 2.05) is 0 Å². The van der Waals surface area contributed by atoms with Crippen molar-refractivity contribution in [3.8, 4) is 0 Å². The SMILES string of the molecule is O=C(O)CC[C@H](NC(=O)c1cc[nH]c(=O)c1)C(=O)O. The first-order valence-electron chi connectivity index (χ1n) is 5.34. The lowest BCUT2D eigenvalue weighted by atomic mass is 10.1. The molecule has 1 heterocycles. The summed E-state index contributed by atoms with van der Waals surface area (Å²) >= 11 is 0. The highest BCUT2D eigenvalue weighted by Gasteiger charge is 2.21. The van der Waals surface area contributed by atoms with E-state index in [4.69, 9.17) is 10.2 Å². The predicted octanol–water partition coefficient (Wildman–Crippen LogP) is -0.577. The van der Waals surface area contributed by atoms with E-state index >= 15 is 0 Å². The Morgan fingerprint density at radius 2 is 2.00 bits per heavy atom. The molecular weight excluding hydrogens is 256 g/mol. The number of carbonyl (C=O) groups is 3. The van der Waals surface area contributed by atoms with Gasteiger partial charge in [-0.3, -0.25) is 14.4 Å². The van der Waals surface area contributed by atoms with Gasteiger partial charge in [-0.1, -0.05) is 0 Å². The van der Waals surface area contributed by atoms with E-state index in [-0.39, 0.29) is 18.4 Å². The van der Waals surface area contributed by atoms with Crippen molar-refractivity contribution in [2.24, 2.45) is 0 Å². The molecule has 8 nitrogen and oxygen atoms in total. The third-order valence-electron chi connectivity index (χ3n) is 2.29. The number of aromatic nitrogens is 1. The van der Waals surface area contributed by atoms with Crippen molar-refractivity contribution in [1.29, 1.82) is 0 Å². The average Bonchev–Trinajstić information content (AvgIpc) is 2.33. The number of pyridine rings is 1. The summed E-state index contributed by atoms with van der Waals surface area (Å²) in [6.07, 6.45) is 0.635. The summed E-state index contributed by atoms with van der Waals surface area (Å²) in [5.74, 6) is -3.24. The molecule has 1 rings (SSSR count). The number of carboxylic acids is 2. The molecule has 0 saturated carbocycles. The molecular formula is C11H12N2O6. The van der Waals surface area contributed by atoms with Gasteiger partial charge in [0.05, 0.1) is 0 Å². The van der Waals surface area contributed by atoms with Crippen LogP contribution in [0.4, 0.5) is 0 Å². The van der Waals surface area contributed by atoms with Crippen molar-refractivity contribution >= 4 is 17.8 Å². The fourth-order valence-electron chi connectivity index (χ4n) is 1.35. The number of amides is 1. The molecule has 0 saturated heterocycles. The van der Waals surface area contributed by atoms with Crippen LogP contribution in [0.25, 0.3) is 0 Å². The molecule has 0 fully saturated rings. The van der Waals surface area contributed by atoms with Gasteiger partial charge in [0.25, 0.3) is 5.91 Å². The van der Waals surface area contributed by atoms with Crippen molar-refractivity contribution in [1.82, 2.24) is 10.3 Å². The maximum atomic E-state index is 11.7. The van der Waals surface area contributed by atoms with Gasteiger partial charge in [-0.2, -0.15) is 0 Å². The number of nitrogens with one attached hydrogen (secondary N) is 2. The molecule has 4 N–H and O–H groups in total. The van der Waals surface area contributed by atoms with Gasteiger partial charge in [0, 0.05) is 24.2 Å². The molecule has 0 spiro atoms. The smallest absolute Gasteiger partial charge is 0.326 e. The average molecular weight is 268 g/mol. The molecule has 0 aliphatic heterocycles. The van der Waals surface area contributed by atoms with Crippen molar-refractivity contribution in [3.63, 3.8) is 0 Å². The fourth-order valence-corrected chi connectivity index (χ4v) is 1.35. The summed E-state index contributed by atoms with van der Waals surface area (Å²) in [7, 11) is 0. The zero-order chi connectivity index (χ0) is 14.4. The first kappa shape index (κ1) is 14.4. The second-order valence-corrected chi connectivity index (χ2v) is 3.74. The zero-order valence-electron chi connectivity index (χ0n) is 9.75. The summed E-state index contributed by atoms with van der Waals surface area (Å²) in [5, 5.41) is 19.5. The Kier molecular flexibility index (Phi) is 4.81. The Balaban J connectivity index is 2.74. The third-order valence-corrected chi connectivity index (χ3v) is 2.29. The lowest BCUT2D eigenvalue weighted by molar-refractivity contribution is -0.140. The maximum absolute atomic E-state index is 11.7. The Morgan fingerprint density at radius 1 is 1.32 bits per heavy atom. The quantitative estimate of drug-likeness (QED) is 0.545. The molecule has 1 aromatic rings. The molecule has 1 aromatic heterocycles. The molecule has 0 unspecified atom stereocenters. The van der Waals surface area contributed by atoms with Gasteiger partial charge >= 0.3 is 11.9 Å². The van der Waals surface area contributed by atoms with Gasteiger partial charge < -0.3 is 20.5 Å². The molecule has 0 aromatic carbocycles. The van der Waals surface area contributed by atoms with Crippen LogP contribution in [0.2, 0.25) is 0 Å². The number of aromatic amines is 1. The highest BCUT2D eigenvalue weighted by molar-refractivity contribution is 5.96. The number of hydrogen-bond donors (Lipinski definition) is 4. The standard InChI is InChI=1S/C11H12N2O6/c14-8-5-6(3-4-12-8)10(17)13-7(11(18)19)1-2-9(15)16/h3-5,7H,1-2H2,(H,12,14)(H,13,17)(H,15,16)(H,18,19)/t7-/m0/s1. The lowest BCUT2D eigenvalue weighted by Crippen LogP contribution is -2.41. The van der Waals surface area contributed by atoms with Crippen molar-refractivity contribution < 1.29 is 24.6 Å². The Labute approximate surface area is 107 Å². The number of rotatable bonds is 6. The van der Waals surface area contributed by atoms with E-state index in [1.54, 1.807) is 0 Å². The number of carboxylic acid groups (broad SMARTS) is 2. The van der Waals surface area contributed by atoms with Crippen LogP contribution in [0.1, 0.15) is 23.2 Å². The van der Waals surface area contributed by atoms with Crippen molar-refractivity contribution in [2.45, 2.75) is 18.9 Å². The van der Waals surface area contributed by atoms with E-state index in [0.717, 1.165) is 6.07 Å². The minimum Gasteiger partial charge on any atom is -0.481 e. The fraction of sp³-hybridized carbons (Fsp3) is 0.273.